The second-order valence-electron chi connectivity index (χ2n) is 7.41. The van der Waals surface area contributed by atoms with Crippen LogP contribution in [0.25, 0.3) is 0 Å². The first-order chi connectivity index (χ1) is 13.7. The highest BCUT2D eigenvalue weighted by atomic mass is 16.6. The van der Waals surface area contributed by atoms with Crippen LogP contribution < -0.4 is 10.6 Å². The zero-order valence-corrected chi connectivity index (χ0v) is 17.0. The summed E-state index contributed by atoms with van der Waals surface area (Å²) in [4.78, 5) is 37.1. The van der Waals surface area contributed by atoms with Crippen LogP contribution in [-0.2, 0) is 20.7 Å². The summed E-state index contributed by atoms with van der Waals surface area (Å²) in [6.07, 6.45) is -0.443. The van der Waals surface area contributed by atoms with Gasteiger partial charge in [0.15, 0.2) is 0 Å². The fourth-order valence-corrected chi connectivity index (χ4v) is 2.61. The third-order valence-corrected chi connectivity index (χ3v) is 3.88. The summed E-state index contributed by atoms with van der Waals surface area (Å²) in [5, 5.41) is 5.32. The van der Waals surface area contributed by atoms with Crippen molar-refractivity contribution >= 4 is 23.7 Å². The molecule has 0 radical (unpaired) electrons. The number of ether oxygens (including phenoxy) is 2. The molecule has 7 nitrogen and oxygen atoms in total. The van der Waals surface area contributed by atoms with Gasteiger partial charge in [0.25, 0.3) is 0 Å². The van der Waals surface area contributed by atoms with Crippen LogP contribution in [0.5, 0.6) is 0 Å². The molecule has 0 aliphatic heterocycles. The monoisotopic (exact) mass is 398 g/mol. The Labute approximate surface area is 170 Å². The van der Waals surface area contributed by atoms with E-state index >= 15 is 0 Å². The van der Waals surface area contributed by atoms with Gasteiger partial charge in [-0.25, -0.2) is 9.59 Å². The van der Waals surface area contributed by atoms with Gasteiger partial charge in [-0.1, -0.05) is 42.5 Å². The molecule has 29 heavy (non-hydrogen) atoms. The lowest BCUT2D eigenvalue weighted by Gasteiger charge is -2.23. The first kappa shape index (κ1) is 21.9. The average molecular weight is 398 g/mol. The second-order valence-corrected chi connectivity index (χ2v) is 7.41. The van der Waals surface area contributed by atoms with Crippen molar-refractivity contribution in [2.24, 2.45) is 0 Å². The summed E-state index contributed by atoms with van der Waals surface area (Å²) in [5.74, 6) is -1.04. The maximum Gasteiger partial charge on any atom is 0.408 e. The fraction of sp³-hybridized carbons (Fsp3) is 0.318. The van der Waals surface area contributed by atoms with Gasteiger partial charge in [0.2, 0.25) is 5.91 Å². The lowest BCUT2D eigenvalue weighted by atomic mass is 10.0. The number of alkyl carbamates (subject to hydrolysis) is 1. The van der Waals surface area contributed by atoms with Gasteiger partial charge in [0, 0.05) is 6.42 Å². The van der Waals surface area contributed by atoms with Crippen LogP contribution in [0.3, 0.4) is 0 Å². The quantitative estimate of drug-likeness (QED) is 0.726. The number of hydrogen-bond acceptors (Lipinski definition) is 5. The van der Waals surface area contributed by atoms with Crippen molar-refractivity contribution in [2.45, 2.75) is 38.8 Å². The zero-order chi connectivity index (χ0) is 21.4. The van der Waals surface area contributed by atoms with Gasteiger partial charge in [0.1, 0.15) is 11.6 Å². The molecule has 2 aromatic carbocycles. The molecule has 0 aromatic heterocycles. The Balaban J connectivity index is 2.22. The summed E-state index contributed by atoms with van der Waals surface area (Å²) in [7, 11) is 1.27. The van der Waals surface area contributed by atoms with Gasteiger partial charge in [-0.15, -0.1) is 0 Å². The molecular weight excluding hydrogens is 372 g/mol. The van der Waals surface area contributed by atoms with Crippen LogP contribution in [0.15, 0.2) is 54.6 Å². The number of benzene rings is 2. The van der Waals surface area contributed by atoms with E-state index in [2.05, 4.69) is 10.6 Å². The number of para-hydroxylation sites is 1. The van der Waals surface area contributed by atoms with Crippen LogP contribution in [0.2, 0.25) is 0 Å². The minimum atomic E-state index is -0.905. The predicted octanol–water partition coefficient (Wildman–Crippen LogP) is 3.55. The Hall–Kier alpha value is -3.35. The van der Waals surface area contributed by atoms with Crippen LogP contribution in [-0.4, -0.2) is 36.7 Å². The van der Waals surface area contributed by atoms with Gasteiger partial charge in [0.05, 0.1) is 18.4 Å². The van der Waals surface area contributed by atoms with Gasteiger partial charge >= 0.3 is 12.1 Å². The standard InChI is InChI=1S/C22H26N2O5/c1-22(2,3)29-21(27)24-18(14-15-10-6-5-7-11-15)19(25)23-17-13-9-8-12-16(17)20(26)28-4/h5-13,18H,14H2,1-4H3,(H,23,25)(H,24,27). The van der Waals surface area contributed by atoms with E-state index in [1.165, 1.54) is 7.11 Å². The van der Waals surface area contributed by atoms with Crippen molar-refractivity contribution < 1.29 is 23.9 Å². The highest BCUT2D eigenvalue weighted by Crippen LogP contribution is 2.17. The maximum absolute atomic E-state index is 12.9. The Morgan fingerprint density at radius 3 is 2.21 bits per heavy atom. The summed E-state index contributed by atoms with van der Waals surface area (Å²) in [6, 6.07) is 14.9. The summed E-state index contributed by atoms with van der Waals surface area (Å²) < 4.78 is 10.0. The third kappa shape index (κ3) is 6.95. The van der Waals surface area contributed by atoms with Gasteiger partial charge in [-0.3, -0.25) is 4.79 Å². The lowest BCUT2D eigenvalue weighted by molar-refractivity contribution is -0.118. The molecule has 0 fully saturated rings. The van der Waals surface area contributed by atoms with Gasteiger partial charge in [-0.2, -0.15) is 0 Å². The zero-order valence-electron chi connectivity index (χ0n) is 17.0. The predicted molar refractivity (Wildman–Crippen MR) is 110 cm³/mol. The molecule has 0 heterocycles. The van der Waals surface area contributed by atoms with Crippen molar-refractivity contribution in [1.29, 1.82) is 0 Å². The second kappa shape index (κ2) is 9.73. The Bertz CT molecular complexity index is 859. The van der Waals surface area contributed by atoms with Crippen molar-refractivity contribution in [3.8, 4) is 0 Å². The van der Waals surface area contributed by atoms with Crippen molar-refractivity contribution in [3.63, 3.8) is 0 Å². The number of esters is 1. The van der Waals surface area contributed by atoms with Crippen molar-refractivity contribution in [2.75, 3.05) is 12.4 Å². The molecule has 0 saturated heterocycles. The number of carbonyl (C=O) groups is 3. The highest BCUT2D eigenvalue weighted by molar-refractivity contribution is 6.03. The van der Waals surface area contributed by atoms with Crippen LogP contribution in [0, 0.1) is 0 Å². The molecular formula is C22H26N2O5. The number of rotatable bonds is 6. The van der Waals surface area contributed by atoms with Gasteiger partial charge in [-0.05, 0) is 38.5 Å². The van der Waals surface area contributed by atoms with E-state index in [1.54, 1.807) is 45.0 Å². The molecule has 0 aliphatic carbocycles. The van der Waals surface area contributed by atoms with E-state index in [4.69, 9.17) is 9.47 Å². The molecule has 0 bridgehead atoms. The molecule has 2 N–H and O–H groups in total. The van der Waals surface area contributed by atoms with Crippen LogP contribution >= 0.6 is 0 Å². The Kier molecular flexibility index (Phi) is 7.36. The molecule has 2 amide bonds. The SMILES string of the molecule is COC(=O)c1ccccc1NC(=O)C(Cc1ccccc1)NC(=O)OC(C)(C)C. The minimum Gasteiger partial charge on any atom is -0.465 e. The molecule has 2 rings (SSSR count). The minimum absolute atomic E-state index is 0.221. The topological polar surface area (TPSA) is 93.7 Å². The molecule has 7 heteroatoms. The Morgan fingerprint density at radius 2 is 1.59 bits per heavy atom. The molecule has 2 aromatic rings. The number of anilines is 1. The Morgan fingerprint density at radius 1 is 0.966 bits per heavy atom. The van der Waals surface area contributed by atoms with E-state index in [9.17, 15) is 14.4 Å². The van der Waals surface area contributed by atoms with Crippen LogP contribution in [0.1, 0.15) is 36.7 Å². The van der Waals surface area contributed by atoms with E-state index < -0.39 is 29.6 Å². The number of carbonyl (C=O) groups excluding carboxylic acids is 3. The fourth-order valence-electron chi connectivity index (χ4n) is 2.61. The molecule has 1 atom stereocenters. The lowest BCUT2D eigenvalue weighted by Crippen LogP contribution is -2.47. The average Bonchev–Trinajstić information content (AvgIpc) is 2.66. The number of nitrogens with one attached hydrogen (secondary N) is 2. The normalized spacial score (nSPS) is 11.9. The first-order valence-electron chi connectivity index (χ1n) is 9.21. The van der Waals surface area contributed by atoms with Crippen molar-refractivity contribution in [1.82, 2.24) is 5.32 Å². The third-order valence-electron chi connectivity index (χ3n) is 3.88. The summed E-state index contributed by atoms with van der Waals surface area (Å²) >= 11 is 0. The smallest absolute Gasteiger partial charge is 0.408 e. The van der Waals surface area contributed by atoms with E-state index in [0.717, 1.165) is 5.56 Å². The molecule has 0 saturated carbocycles. The van der Waals surface area contributed by atoms with E-state index in [-0.39, 0.29) is 12.0 Å². The molecule has 1 unspecified atom stereocenters. The van der Waals surface area contributed by atoms with Crippen molar-refractivity contribution in [3.05, 3.63) is 65.7 Å². The highest BCUT2D eigenvalue weighted by Gasteiger charge is 2.26. The largest absolute Gasteiger partial charge is 0.465 e. The van der Waals surface area contributed by atoms with E-state index in [0.29, 0.717) is 5.69 Å². The first-order valence-corrected chi connectivity index (χ1v) is 9.21. The molecule has 154 valence electrons. The van der Waals surface area contributed by atoms with Crippen LogP contribution in [0.4, 0.5) is 10.5 Å². The summed E-state index contributed by atoms with van der Waals surface area (Å²) in [5.41, 5.74) is 0.687. The maximum atomic E-state index is 12.9. The molecule has 0 spiro atoms. The number of methoxy groups -OCH3 is 1. The number of amides is 2. The molecule has 0 aliphatic rings. The summed E-state index contributed by atoms with van der Waals surface area (Å²) in [6.45, 7) is 5.22. The van der Waals surface area contributed by atoms with E-state index in [1.807, 2.05) is 30.3 Å². The number of hydrogen-bond donors (Lipinski definition) is 2. The van der Waals surface area contributed by atoms with Gasteiger partial charge < -0.3 is 20.1 Å².